The molecule has 0 bridgehead atoms. The van der Waals surface area contributed by atoms with Gasteiger partial charge in [-0.1, -0.05) is 0 Å². The van der Waals surface area contributed by atoms with Crippen LogP contribution >= 0.6 is 0 Å². The molecule has 4 heterocycles. The van der Waals surface area contributed by atoms with Crippen molar-refractivity contribution in [3.8, 4) is 0 Å². The molecule has 0 aromatic carbocycles. The van der Waals surface area contributed by atoms with E-state index in [4.69, 9.17) is 4.74 Å². The van der Waals surface area contributed by atoms with Crippen molar-refractivity contribution in [2.75, 3.05) is 7.11 Å². The molecule has 0 amide bonds. The normalized spacial score (nSPS) is 25.2. The van der Waals surface area contributed by atoms with E-state index in [-0.39, 0.29) is 17.9 Å². The first-order valence-electron chi connectivity index (χ1n) is 8.80. The summed E-state index contributed by atoms with van der Waals surface area (Å²) >= 11 is 0. The van der Waals surface area contributed by atoms with Crippen LogP contribution in [-0.4, -0.2) is 37.9 Å². The first-order valence-corrected chi connectivity index (χ1v) is 8.80. The maximum absolute atomic E-state index is 15.4. The van der Waals surface area contributed by atoms with E-state index in [1.807, 2.05) is 0 Å². The van der Waals surface area contributed by atoms with Gasteiger partial charge in [-0.25, -0.2) is 14.4 Å². The molecule has 6 nitrogen and oxygen atoms in total. The van der Waals surface area contributed by atoms with Crippen LogP contribution in [0.25, 0.3) is 5.70 Å². The minimum absolute atomic E-state index is 0.100. The van der Waals surface area contributed by atoms with E-state index in [0.717, 1.165) is 13.3 Å². The highest BCUT2D eigenvalue weighted by atomic mass is 19.4. The molecule has 2 aromatic heterocycles. The molecule has 4 rings (SSSR count). The third kappa shape index (κ3) is 2.54. The number of hydrogen-bond acceptors (Lipinski definition) is 4. The van der Waals surface area contributed by atoms with E-state index < -0.39 is 29.2 Å². The van der Waals surface area contributed by atoms with Gasteiger partial charge < -0.3 is 19.2 Å². The SMILES string of the molecule is COC1=C(F)C(n2cnc(C)c2)=CNC1(C1CCCn2ccnc21)C(F)(F)F. The smallest absolute Gasteiger partial charge is 0.419 e. The predicted molar refractivity (Wildman–Crippen MR) is 92.5 cm³/mol. The number of rotatable bonds is 3. The Kier molecular flexibility index (Phi) is 4.24. The summed E-state index contributed by atoms with van der Waals surface area (Å²) in [5, 5.41) is 2.45. The first kappa shape index (κ1) is 18.6. The van der Waals surface area contributed by atoms with Crippen LogP contribution in [-0.2, 0) is 11.3 Å². The Morgan fingerprint density at radius 3 is 2.75 bits per heavy atom. The summed E-state index contributed by atoms with van der Waals surface area (Å²) < 4.78 is 66.9. The van der Waals surface area contributed by atoms with E-state index in [9.17, 15) is 13.2 Å². The fraction of sp³-hybridized carbons (Fsp3) is 0.444. The van der Waals surface area contributed by atoms with Crippen LogP contribution in [0, 0.1) is 6.92 Å². The summed E-state index contributed by atoms with van der Waals surface area (Å²) in [5.41, 5.74) is -2.25. The van der Waals surface area contributed by atoms with Gasteiger partial charge in [0.25, 0.3) is 0 Å². The highest BCUT2D eigenvalue weighted by Gasteiger charge is 2.66. The third-order valence-electron chi connectivity index (χ3n) is 5.33. The molecule has 2 aliphatic heterocycles. The second-order valence-electron chi connectivity index (χ2n) is 6.92. The Labute approximate surface area is 158 Å². The van der Waals surface area contributed by atoms with Gasteiger partial charge in [0.15, 0.2) is 11.6 Å². The minimum Gasteiger partial charge on any atom is -0.495 e. The molecule has 28 heavy (non-hydrogen) atoms. The van der Waals surface area contributed by atoms with Crippen molar-refractivity contribution in [2.24, 2.45) is 0 Å². The number of nitrogens with zero attached hydrogens (tertiary/aromatic N) is 4. The molecule has 2 aromatic rings. The van der Waals surface area contributed by atoms with Gasteiger partial charge in [-0.15, -0.1) is 0 Å². The third-order valence-corrected chi connectivity index (χ3v) is 5.33. The van der Waals surface area contributed by atoms with Crippen LogP contribution in [0.4, 0.5) is 17.6 Å². The Hall–Kier alpha value is -2.78. The lowest BCUT2D eigenvalue weighted by Crippen LogP contribution is -2.63. The predicted octanol–water partition coefficient (Wildman–Crippen LogP) is 3.50. The van der Waals surface area contributed by atoms with Gasteiger partial charge in [-0.2, -0.15) is 13.2 Å². The molecule has 0 saturated carbocycles. The number of aromatic nitrogens is 4. The molecule has 0 fully saturated rings. The van der Waals surface area contributed by atoms with Crippen LogP contribution in [0.5, 0.6) is 0 Å². The quantitative estimate of drug-likeness (QED) is 0.806. The van der Waals surface area contributed by atoms with Gasteiger partial charge in [0, 0.05) is 31.3 Å². The number of nitrogens with one attached hydrogen (secondary N) is 1. The Balaban J connectivity index is 1.89. The number of ether oxygens (including phenoxy) is 1. The van der Waals surface area contributed by atoms with Crippen molar-refractivity contribution in [1.29, 1.82) is 0 Å². The number of methoxy groups -OCH3 is 1. The molecule has 2 unspecified atom stereocenters. The van der Waals surface area contributed by atoms with E-state index in [1.165, 1.54) is 23.3 Å². The average Bonchev–Trinajstić information content (AvgIpc) is 3.28. The van der Waals surface area contributed by atoms with Crippen LogP contribution in [0.15, 0.2) is 42.7 Å². The van der Waals surface area contributed by atoms with Crippen LogP contribution in [0.1, 0.15) is 30.3 Å². The van der Waals surface area contributed by atoms with Crippen molar-refractivity contribution in [3.05, 3.63) is 54.2 Å². The van der Waals surface area contributed by atoms with Crippen molar-refractivity contribution >= 4 is 5.70 Å². The van der Waals surface area contributed by atoms with Gasteiger partial charge in [0.2, 0.25) is 5.54 Å². The van der Waals surface area contributed by atoms with Crippen molar-refractivity contribution in [1.82, 2.24) is 24.4 Å². The van der Waals surface area contributed by atoms with E-state index in [1.54, 1.807) is 17.7 Å². The first-order chi connectivity index (χ1) is 13.3. The van der Waals surface area contributed by atoms with Gasteiger partial charge >= 0.3 is 6.18 Å². The van der Waals surface area contributed by atoms with E-state index >= 15 is 4.39 Å². The molecule has 2 aliphatic rings. The number of halogens is 4. The monoisotopic (exact) mass is 397 g/mol. The number of imidazole rings is 2. The summed E-state index contributed by atoms with van der Waals surface area (Å²) in [7, 11) is 1.05. The van der Waals surface area contributed by atoms with Crippen molar-refractivity contribution in [2.45, 2.75) is 43.9 Å². The molecular weight excluding hydrogens is 378 g/mol. The second-order valence-corrected chi connectivity index (χ2v) is 6.92. The molecule has 0 radical (unpaired) electrons. The largest absolute Gasteiger partial charge is 0.495 e. The number of dihydropyridines is 1. The number of allylic oxidation sites excluding steroid dienone is 2. The summed E-state index contributed by atoms with van der Waals surface area (Å²) in [4.78, 5) is 8.14. The standard InChI is InChI=1S/C18H19F4N5O/c1-11-9-27(10-24-11)13-8-25-17(18(20,21)22,15(28-2)14(13)19)12-4-3-6-26-7-5-23-16(12)26/h5,7-10,12,25H,3-4,6H2,1-2H3. The Morgan fingerprint density at radius 2 is 2.11 bits per heavy atom. The lowest BCUT2D eigenvalue weighted by molar-refractivity contribution is -0.202. The number of aryl methyl sites for hydroxylation is 2. The van der Waals surface area contributed by atoms with E-state index in [2.05, 4.69) is 15.3 Å². The fourth-order valence-electron chi connectivity index (χ4n) is 4.08. The zero-order chi connectivity index (χ0) is 20.1. The van der Waals surface area contributed by atoms with Gasteiger partial charge in [0.1, 0.15) is 11.5 Å². The molecular formula is C18H19F4N5O. The Morgan fingerprint density at radius 1 is 1.32 bits per heavy atom. The summed E-state index contributed by atoms with van der Waals surface area (Å²) in [5.74, 6) is -2.77. The van der Waals surface area contributed by atoms with Gasteiger partial charge in [-0.05, 0) is 19.8 Å². The minimum atomic E-state index is -4.83. The topological polar surface area (TPSA) is 56.9 Å². The maximum Gasteiger partial charge on any atom is 0.419 e. The molecule has 10 heteroatoms. The fourth-order valence-corrected chi connectivity index (χ4v) is 4.08. The van der Waals surface area contributed by atoms with Crippen molar-refractivity contribution < 1.29 is 22.3 Å². The molecule has 0 saturated heterocycles. The summed E-state index contributed by atoms with van der Waals surface area (Å²) in [6.07, 6.45) is 2.87. The zero-order valence-corrected chi connectivity index (χ0v) is 15.3. The number of hydrogen-bond donors (Lipinski definition) is 1. The molecule has 2 atom stereocenters. The highest BCUT2D eigenvalue weighted by molar-refractivity contribution is 5.66. The molecule has 1 N–H and O–H groups in total. The van der Waals surface area contributed by atoms with E-state index in [0.29, 0.717) is 18.7 Å². The van der Waals surface area contributed by atoms with Crippen molar-refractivity contribution in [3.63, 3.8) is 0 Å². The van der Waals surface area contributed by atoms with Gasteiger partial charge in [0.05, 0.1) is 25.0 Å². The van der Waals surface area contributed by atoms with Crippen LogP contribution in [0.3, 0.4) is 0 Å². The lowest BCUT2D eigenvalue weighted by atomic mass is 9.75. The second kappa shape index (κ2) is 6.39. The molecule has 0 aliphatic carbocycles. The summed E-state index contributed by atoms with van der Waals surface area (Å²) in [6, 6.07) is 0. The average molecular weight is 397 g/mol. The van der Waals surface area contributed by atoms with Gasteiger partial charge in [-0.3, -0.25) is 0 Å². The Bertz CT molecular complexity index is 957. The number of alkyl halides is 3. The highest BCUT2D eigenvalue weighted by Crippen LogP contribution is 2.52. The summed E-state index contributed by atoms with van der Waals surface area (Å²) in [6.45, 7) is 2.28. The maximum atomic E-state index is 15.4. The number of fused-ring (bicyclic) bond motifs is 1. The molecule has 0 spiro atoms. The zero-order valence-electron chi connectivity index (χ0n) is 15.3. The van der Waals surface area contributed by atoms with Crippen LogP contribution < -0.4 is 5.32 Å². The lowest BCUT2D eigenvalue weighted by Gasteiger charge is -2.45. The molecule has 150 valence electrons. The van der Waals surface area contributed by atoms with Crippen LogP contribution in [0.2, 0.25) is 0 Å².